The highest BCUT2D eigenvalue weighted by Crippen LogP contribution is 2.38. The van der Waals surface area contributed by atoms with Crippen molar-refractivity contribution in [3.63, 3.8) is 0 Å². The molecule has 0 aliphatic heterocycles. The molecule has 1 unspecified atom stereocenters. The van der Waals surface area contributed by atoms with Crippen molar-refractivity contribution in [3.8, 4) is 0 Å². The van der Waals surface area contributed by atoms with E-state index in [0.717, 1.165) is 12.6 Å². The number of hydrogen-bond acceptors (Lipinski definition) is 1. The first-order chi connectivity index (χ1) is 4.83. The molecule has 0 bridgehead atoms. The molecule has 0 fully saturated rings. The minimum Gasteiger partial charge on any atom is -0.0628 e. The molecule has 1 nitrogen and oxygen atoms in total. The average molecular weight is 193 g/mol. The lowest BCUT2D eigenvalue weighted by Crippen LogP contribution is -2.16. The first kappa shape index (κ1) is 11.4. The number of thiol groups is 1. The molecule has 0 aliphatic carbocycles. The molecule has 1 atom stereocenters. The van der Waals surface area contributed by atoms with Crippen molar-refractivity contribution in [2.24, 2.45) is 11.3 Å². The topological polar surface area (TPSA) is 17.1 Å². The second-order valence-electron chi connectivity index (χ2n) is 4.27. The summed E-state index contributed by atoms with van der Waals surface area (Å²) < 4.78 is 10.9. The van der Waals surface area contributed by atoms with Crippen LogP contribution in [0.3, 0.4) is 0 Å². The summed E-state index contributed by atoms with van der Waals surface area (Å²) in [5.41, 5.74) is 0.184. The third-order valence-electron chi connectivity index (χ3n) is 1.52. The molecule has 0 saturated heterocycles. The van der Waals surface area contributed by atoms with Gasteiger partial charge < -0.3 is 0 Å². The summed E-state index contributed by atoms with van der Waals surface area (Å²) in [6, 6.07) is 0. The molecule has 3 heteroatoms. The van der Waals surface area contributed by atoms with E-state index in [1.807, 2.05) is 0 Å². The molecule has 0 amide bonds. The second kappa shape index (κ2) is 4.47. The van der Waals surface area contributed by atoms with E-state index in [2.05, 4.69) is 39.9 Å². The van der Waals surface area contributed by atoms with Crippen LogP contribution >= 0.6 is 19.3 Å². The number of rotatable bonds is 4. The largest absolute Gasteiger partial charge is 0.407 e. The van der Waals surface area contributed by atoms with E-state index in [1.54, 1.807) is 0 Å². The Hall–Kier alpha value is 0.450. The standard InChI is InChI=1S/C8H17OPS/c1-7(2)5-8(3,4)6-10(9)11/h7H,5-6H2,1-4H3/p+1. The van der Waals surface area contributed by atoms with Gasteiger partial charge in [-0.1, -0.05) is 32.3 Å². The summed E-state index contributed by atoms with van der Waals surface area (Å²) >= 11 is 3.92. The van der Waals surface area contributed by atoms with E-state index in [4.69, 9.17) is 0 Å². The van der Waals surface area contributed by atoms with Crippen LogP contribution in [0.1, 0.15) is 34.1 Å². The minimum atomic E-state index is -1.27. The molecule has 0 aromatic rings. The highest BCUT2D eigenvalue weighted by molar-refractivity contribution is 8.40. The monoisotopic (exact) mass is 193 g/mol. The average Bonchev–Trinajstić information content (AvgIpc) is 1.53. The fraction of sp³-hybridized carbons (Fsp3) is 1.00. The lowest BCUT2D eigenvalue weighted by atomic mass is 9.86. The highest BCUT2D eigenvalue weighted by Gasteiger charge is 2.28. The van der Waals surface area contributed by atoms with Crippen LogP contribution in [0.15, 0.2) is 0 Å². The lowest BCUT2D eigenvalue weighted by Gasteiger charge is -2.20. The molecule has 0 aromatic carbocycles. The van der Waals surface area contributed by atoms with Gasteiger partial charge in [-0.2, -0.15) is 0 Å². The van der Waals surface area contributed by atoms with Gasteiger partial charge in [-0.15, -0.1) is 0 Å². The van der Waals surface area contributed by atoms with Gasteiger partial charge in [0.2, 0.25) is 0 Å². The summed E-state index contributed by atoms with van der Waals surface area (Å²) in [6.07, 6.45) is 1.85. The van der Waals surface area contributed by atoms with Crippen LogP contribution in [0, 0.1) is 11.3 Å². The Morgan fingerprint density at radius 1 is 1.45 bits per heavy atom. The van der Waals surface area contributed by atoms with Crippen molar-refractivity contribution < 1.29 is 4.57 Å². The molecule has 0 N–H and O–H groups in total. The van der Waals surface area contributed by atoms with Gasteiger partial charge in [0.05, 0.1) is 0 Å². The van der Waals surface area contributed by atoms with Gasteiger partial charge in [0, 0.05) is 5.41 Å². The quantitative estimate of drug-likeness (QED) is 0.531. The maximum absolute atomic E-state index is 10.9. The van der Waals surface area contributed by atoms with Gasteiger partial charge in [0.15, 0.2) is 6.16 Å². The molecule has 0 heterocycles. The predicted molar refractivity (Wildman–Crippen MR) is 54.7 cm³/mol. The molecular weight excluding hydrogens is 175 g/mol. The van der Waals surface area contributed by atoms with Gasteiger partial charge >= 0.3 is 7.00 Å². The van der Waals surface area contributed by atoms with Gasteiger partial charge in [-0.3, -0.25) is 0 Å². The number of hydrogen-bond donors (Lipinski definition) is 1. The van der Waals surface area contributed by atoms with Crippen molar-refractivity contribution in [1.29, 1.82) is 0 Å². The zero-order valence-corrected chi connectivity index (χ0v) is 9.58. The smallest absolute Gasteiger partial charge is 0.0628 e. The Kier molecular flexibility index (Phi) is 4.65. The molecule has 0 radical (unpaired) electrons. The zero-order valence-electron chi connectivity index (χ0n) is 7.79. The second-order valence-corrected chi connectivity index (χ2v) is 6.63. The maximum atomic E-state index is 10.9. The molecule has 66 valence electrons. The Bertz CT molecular complexity index is 143. The first-order valence-electron chi connectivity index (χ1n) is 3.97. The molecular formula is C8H18OPS+. The fourth-order valence-corrected chi connectivity index (χ4v) is 3.55. The Balaban J connectivity index is 3.89. The van der Waals surface area contributed by atoms with Crippen molar-refractivity contribution in [1.82, 2.24) is 0 Å². The van der Waals surface area contributed by atoms with Crippen molar-refractivity contribution >= 4 is 19.3 Å². The van der Waals surface area contributed by atoms with E-state index in [9.17, 15) is 4.57 Å². The predicted octanol–water partition coefficient (Wildman–Crippen LogP) is 3.73. The summed E-state index contributed by atoms with van der Waals surface area (Å²) in [4.78, 5) is 0. The van der Waals surface area contributed by atoms with Gasteiger partial charge in [0.1, 0.15) is 12.2 Å². The third kappa shape index (κ3) is 6.83. The van der Waals surface area contributed by atoms with Gasteiger partial charge in [-0.25, -0.2) is 0 Å². The molecule has 0 aromatic heterocycles. The van der Waals surface area contributed by atoms with E-state index in [-0.39, 0.29) is 5.41 Å². The summed E-state index contributed by atoms with van der Waals surface area (Å²) in [6.45, 7) is 8.67. The van der Waals surface area contributed by atoms with Crippen LogP contribution in [-0.4, -0.2) is 6.16 Å². The Morgan fingerprint density at radius 3 is 2.18 bits per heavy atom. The normalized spacial score (nSPS) is 13.8. The fourth-order valence-electron chi connectivity index (χ4n) is 1.54. The Labute approximate surface area is 75.9 Å². The van der Waals surface area contributed by atoms with Crippen LogP contribution < -0.4 is 0 Å². The molecule has 0 saturated carbocycles. The Morgan fingerprint density at radius 2 is 1.91 bits per heavy atom. The van der Waals surface area contributed by atoms with E-state index < -0.39 is 7.00 Å². The van der Waals surface area contributed by atoms with Crippen LogP contribution in [0.2, 0.25) is 0 Å². The maximum Gasteiger partial charge on any atom is 0.407 e. The van der Waals surface area contributed by atoms with Crippen molar-refractivity contribution in [3.05, 3.63) is 0 Å². The van der Waals surface area contributed by atoms with E-state index in [0.29, 0.717) is 5.92 Å². The van der Waals surface area contributed by atoms with E-state index >= 15 is 0 Å². The molecule has 0 spiro atoms. The van der Waals surface area contributed by atoms with Crippen LogP contribution in [0.25, 0.3) is 0 Å². The van der Waals surface area contributed by atoms with Gasteiger partial charge in [0.25, 0.3) is 0 Å². The van der Waals surface area contributed by atoms with Crippen molar-refractivity contribution in [2.75, 3.05) is 6.16 Å². The third-order valence-corrected chi connectivity index (χ3v) is 3.07. The van der Waals surface area contributed by atoms with Crippen LogP contribution in [0.4, 0.5) is 0 Å². The highest BCUT2D eigenvalue weighted by atomic mass is 32.7. The van der Waals surface area contributed by atoms with Crippen LogP contribution in [0.5, 0.6) is 0 Å². The van der Waals surface area contributed by atoms with E-state index in [1.165, 1.54) is 0 Å². The van der Waals surface area contributed by atoms with Crippen molar-refractivity contribution in [2.45, 2.75) is 34.1 Å². The van der Waals surface area contributed by atoms with Gasteiger partial charge in [-0.05, 0) is 12.3 Å². The molecule has 11 heavy (non-hydrogen) atoms. The molecule has 0 aliphatic rings. The lowest BCUT2D eigenvalue weighted by molar-refractivity contribution is 0.324. The minimum absolute atomic E-state index is 0.184. The first-order valence-corrected chi connectivity index (χ1v) is 6.57. The summed E-state index contributed by atoms with van der Waals surface area (Å²) in [5, 5.41) is 0. The molecule has 0 rings (SSSR count). The zero-order chi connectivity index (χ0) is 9.07. The summed E-state index contributed by atoms with van der Waals surface area (Å²) in [5.74, 6) is 0.674. The SMILES string of the molecule is CC(C)CC(C)(C)C[P+](=O)S. The van der Waals surface area contributed by atoms with Crippen LogP contribution in [-0.2, 0) is 4.57 Å². The summed E-state index contributed by atoms with van der Waals surface area (Å²) in [7, 11) is -1.27.